The SMILES string of the molecule is CC(C)(C)CC(C)(C)NC(=O)C(=O)N1CCN(c2ccccc2F)CC1. The number of para-hydroxylation sites is 1. The molecule has 2 amide bonds. The van der Waals surface area contributed by atoms with Gasteiger partial charge in [-0.25, -0.2) is 4.39 Å². The highest BCUT2D eigenvalue weighted by Crippen LogP contribution is 2.27. The first kappa shape index (κ1) is 20.2. The molecule has 0 aliphatic carbocycles. The number of hydrogen-bond acceptors (Lipinski definition) is 3. The number of carbonyl (C=O) groups is 2. The summed E-state index contributed by atoms with van der Waals surface area (Å²) in [7, 11) is 0. The second kappa shape index (κ2) is 7.64. The fourth-order valence-corrected chi connectivity index (χ4v) is 3.73. The Morgan fingerprint density at radius 1 is 1.04 bits per heavy atom. The van der Waals surface area contributed by atoms with Crippen molar-refractivity contribution in [3.63, 3.8) is 0 Å². The van der Waals surface area contributed by atoms with Crippen molar-refractivity contribution < 1.29 is 14.0 Å². The number of anilines is 1. The van der Waals surface area contributed by atoms with E-state index in [1.807, 2.05) is 18.7 Å². The highest BCUT2D eigenvalue weighted by Gasteiger charge is 2.32. The van der Waals surface area contributed by atoms with Gasteiger partial charge in [0.1, 0.15) is 5.82 Å². The van der Waals surface area contributed by atoms with Gasteiger partial charge in [-0.3, -0.25) is 9.59 Å². The van der Waals surface area contributed by atoms with Crippen molar-refractivity contribution in [1.82, 2.24) is 10.2 Å². The van der Waals surface area contributed by atoms with Crippen LogP contribution in [0.2, 0.25) is 0 Å². The lowest BCUT2D eigenvalue weighted by atomic mass is 9.82. The van der Waals surface area contributed by atoms with E-state index >= 15 is 0 Å². The number of piperazine rings is 1. The average molecular weight is 363 g/mol. The zero-order valence-electron chi connectivity index (χ0n) is 16.4. The molecule has 1 aromatic rings. The van der Waals surface area contributed by atoms with Crippen LogP contribution in [0.1, 0.15) is 41.0 Å². The lowest BCUT2D eigenvalue weighted by Crippen LogP contribution is -2.56. The lowest BCUT2D eigenvalue weighted by Gasteiger charge is -2.37. The van der Waals surface area contributed by atoms with E-state index in [1.165, 1.54) is 6.07 Å². The summed E-state index contributed by atoms with van der Waals surface area (Å²) in [6.45, 7) is 12.0. The first-order chi connectivity index (χ1) is 12.0. The molecule has 1 heterocycles. The van der Waals surface area contributed by atoms with E-state index in [9.17, 15) is 14.0 Å². The molecule has 0 radical (unpaired) electrons. The van der Waals surface area contributed by atoms with Crippen molar-refractivity contribution in [2.75, 3.05) is 31.1 Å². The van der Waals surface area contributed by atoms with Gasteiger partial charge in [-0.15, -0.1) is 0 Å². The molecule has 0 aromatic heterocycles. The quantitative estimate of drug-likeness (QED) is 0.840. The van der Waals surface area contributed by atoms with E-state index in [2.05, 4.69) is 26.1 Å². The summed E-state index contributed by atoms with van der Waals surface area (Å²) < 4.78 is 13.9. The first-order valence-electron chi connectivity index (χ1n) is 9.09. The summed E-state index contributed by atoms with van der Waals surface area (Å²) in [6.07, 6.45) is 0.764. The fourth-order valence-electron chi connectivity index (χ4n) is 3.73. The van der Waals surface area contributed by atoms with E-state index in [4.69, 9.17) is 0 Å². The molecule has 0 unspecified atom stereocenters. The Morgan fingerprint density at radius 2 is 1.62 bits per heavy atom. The van der Waals surface area contributed by atoms with Crippen LogP contribution in [-0.2, 0) is 9.59 Å². The second-order valence-electron chi connectivity index (χ2n) is 8.81. The van der Waals surface area contributed by atoms with Crippen molar-refractivity contribution in [3.05, 3.63) is 30.1 Å². The molecule has 1 saturated heterocycles. The number of carbonyl (C=O) groups excluding carboxylic acids is 2. The minimum Gasteiger partial charge on any atom is -0.366 e. The van der Waals surface area contributed by atoms with Crippen LogP contribution in [0.3, 0.4) is 0 Å². The van der Waals surface area contributed by atoms with Crippen molar-refractivity contribution in [1.29, 1.82) is 0 Å². The van der Waals surface area contributed by atoms with Crippen LogP contribution in [0.4, 0.5) is 10.1 Å². The van der Waals surface area contributed by atoms with Gasteiger partial charge in [-0.1, -0.05) is 32.9 Å². The molecular weight excluding hydrogens is 333 g/mol. The van der Waals surface area contributed by atoms with Crippen LogP contribution < -0.4 is 10.2 Å². The Kier molecular flexibility index (Phi) is 5.94. The van der Waals surface area contributed by atoms with Crippen LogP contribution >= 0.6 is 0 Å². The predicted octanol–water partition coefficient (Wildman–Crippen LogP) is 2.81. The normalized spacial score (nSPS) is 15.8. The average Bonchev–Trinajstić information content (AvgIpc) is 2.52. The Morgan fingerprint density at radius 3 is 2.15 bits per heavy atom. The zero-order chi connectivity index (χ0) is 19.5. The minimum absolute atomic E-state index is 0.0468. The molecule has 0 saturated carbocycles. The number of nitrogens with one attached hydrogen (secondary N) is 1. The van der Waals surface area contributed by atoms with Gasteiger partial charge in [0.05, 0.1) is 5.69 Å². The Balaban J connectivity index is 1.91. The van der Waals surface area contributed by atoms with Crippen molar-refractivity contribution in [3.8, 4) is 0 Å². The van der Waals surface area contributed by atoms with Crippen LogP contribution in [0.15, 0.2) is 24.3 Å². The van der Waals surface area contributed by atoms with Gasteiger partial charge < -0.3 is 15.1 Å². The van der Waals surface area contributed by atoms with Gasteiger partial charge in [-0.05, 0) is 37.8 Å². The van der Waals surface area contributed by atoms with E-state index < -0.39 is 17.4 Å². The van der Waals surface area contributed by atoms with Gasteiger partial charge in [0.2, 0.25) is 0 Å². The van der Waals surface area contributed by atoms with Crippen LogP contribution in [0.25, 0.3) is 0 Å². The molecule has 1 fully saturated rings. The van der Waals surface area contributed by atoms with E-state index in [-0.39, 0.29) is 11.2 Å². The standard InChI is InChI=1S/C20H30FN3O2/c1-19(2,3)14-20(4,5)22-17(25)18(26)24-12-10-23(11-13-24)16-9-7-6-8-15(16)21/h6-9H,10-14H2,1-5H3,(H,22,25). The Bertz CT molecular complexity index is 659. The zero-order valence-corrected chi connectivity index (χ0v) is 16.4. The summed E-state index contributed by atoms with van der Waals surface area (Å²) >= 11 is 0. The Hall–Kier alpha value is -2.11. The number of amides is 2. The number of rotatable bonds is 3. The molecule has 26 heavy (non-hydrogen) atoms. The smallest absolute Gasteiger partial charge is 0.312 e. The maximum Gasteiger partial charge on any atom is 0.312 e. The Labute approximate surface area is 155 Å². The van der Waals surface area contributed by atoms with Crippen LogP contribution in [-0.4, -0.2) is 48.4 Å². The van der Waals surface area contributed by atoms with E-state index in [0.29, 0.717) is 31.9 Å². The van der Waals surface area contributed by atoms with Gasteiger partial charge in [-0.2, -0.15) is 0 Å². The van der Waals surface area contributed by atoms with Crippen LogP contribution in [0.5, 0.6) is 0 Å². The monoisotopic (exact) mass is 363 g/mol. The second-order valence-corrected chi connectivity index (χ2v) is 8.81. The summed E-state index contributed by atoms with van der Waals surface area (Å²) in [6, 6.07) is 6.61. The van der Waals surface area contributed by atoms with Gasteiger partial charge in [0.25, 0.3) is 0 Å². The maximum atomic E-state index is 13.9. The van der Waals surface area contributed by atoms with Crippen LogP contribution in [0, 0.1) is 11.2 Å². The first-order valence-corrected chi connectivity index (χ1v) is 9.09. The summed E-state index contributed by atoms with van der Waals surface area (Å²) in [5.74, 6) is -1.35. The number of halogens is 1. The van der Waals surface area contributed by atoms with Crippen molar-refractivity contribution >= 4 is 17.5 Å². The van der Waals surface area contributed by atoms with E-state index in [1.54, 1.807) is 23.1 Å². The molecule has 5 nitrogen and oxygen atoms in total. The molecule has 0 spiro atoms. The van der Waals surface area contributed by atoms with Gasteiger partial charge in [0, 0.05) is 31.7 Å². The molecule has 2 rings (SSSR count). The molecule has 1 aliphatic rings. The van der Waals surface area contributed by atoms with E-state index in [0.717, 1.165) is 6.42 Å². The molecule has 0 bridgehead atoms. The molecule has 1 N–H and O–H groups in total. The molecule has 1 aromatic carbocycles. The van der Waals surface area contributed by atoms with Crippen molar-refractivity contribution in [2.45, 2.75) is 46.6 Å². The molecular formula is C20H30FN3O2. The third-order valence-corrected chi connectivity index (χ3v) is 4.38. The topological polar surface area (TPSA) is 52.7 Å². The molecule has 6 heteroatoms. The third kappa shape index (κ3) is 5.44. The number of nitrogens with zero attached hydrogens (tertiary/aromatic N) is 2. The van der Waals surface area contributed by atoms with Gasteiger partial charge >= 0.3 is 11.8 Å². The predicted molar refractivity (Wildman–Crippen MR) is 101 cm³/mol. The molecule has 0 atom stereocenters. The summed E-state index contributed by atoms with van der Waals surface area (Å²) in [4.78, 5) is 28.3. The van der Waals surface area contributed by atoms with Crippen molar-refractivity contribution in [2.24, 2.45) is 5.41 Å². The highest BCUT2D eigenvalue weighted by atomic mass is 19.1. The van der Waals surface area contributed by atoms with Gasteiger partial charge in [0.15, 0.2) is 0 Å². The summed E-state index contributed by atoms with van der Waals surface area (Å²) in [5, 5.41) is 2.86. The number of hydrogen-bond donors (Lipinski definition) is 1. The maximum absolute atomic E-state index is 13.9. The largest absolute Gasteiger partial charge is 0.366 e. The molecule has 144 valence electrons. The summed E-state index contributed by atoms with van der Waals surface area (Å²) in [5.41, 5.74) is 0.126. The third-order valence-electron chi connectivity index (χ3n) is 4.38. The highest BCUT2D eigenvalue weighted by molar-refractivity contribution is 6.35. The lowest BCUT2D eigenvalue weighted by molar-refractivity contribution is -0.147. The number of benzene rings is 1. The minimum atomic E-state index is -0.571. The molecule has 1 aliphatic heterocycles. The fraction of sp³-hybridized carbons (Fsp3) is 0.600.